The molecule has 0 fully saturated rings. The molecule has 0 saturated carbocycles. The maximum atomic E-state index is 13.4. The zero-order chi connectivity index (χ0) is 23.6. The normalized spacial score (nSPS) is 13.4. The van der Waals surface area contributed by atoms with E-state index in [9.17, 15) is 18.0 Å². The summed E-state index contributed by atoms with van der Waals surface area (Å²) >= 11 is 0. The van der Waals surface area contributed by atoms with Crippen LogP contribution in [0.3, 0.4) is 0 Å². The van der Waals surface area contributed by atoms with Crippen molar-refractivity contribution in [3.05, 3.63) is 64.0 Å². The van der Waals surface area contributed by atoms with Crippen molar-refractivity contribution in [2.24, 2.45) is 0 Å². The Bertz CT molecular complexity index is 1360. The number of rotatable bonds is 8. The first-order valence-electron chi connectivity index (χ1n) is 11.3. The molecule has 0 bridgehead atoms. The molecule has 1 aliphatic rings. The van der Waals surface area contributed by atoms with Crippen molar-refractivity contribution in [3.8, 4) is 0 Å². The average Bonchev–Trinajstić information content (AvgIpc) is 3.21. The van der Waals surface area contributed by atoms with Crippen molar-refractivity contribution in [1.82, 2.24) is 0 Å². The fourth-order valence-electron chi connectivity index (χ4n) is 4.30. The molecule has 4 rings (SSSR count). The lowest BCUT2D eigenvalue weighted by Crippen LogP contribution is -2.29. The lowest BCUT2D eigenvalue weighted by Gasteiger charge is -2.18. The van der Waals surface area contributed by atoms with Crippen LogP contribution in [0.2, 0.25) is 0 Å². The van der Waals surface area contributed by atoms with Gasteiger partial charge in [-0.25, -0.2) is 13.2 Å². The predicted octanol–water partition coefficient (Wildman–Crippen LogP) is 4.32. The number of fused-ring (bicyclic) bond motifs is 2. The number of nitrogen functional groups attached to an aromatic ring is 1. The minimum absolute atomic E-state index is 0.132. The molecule has 0 aliphatic carbocycles. The van der Waals surface area contributed by atoms with E-state index < -0.39 is 15.5 Å². The van der Waals surface area contributed by atoms with Crippen LogP contribution < -0.4 is 16.3 Å². The van der Waals surface area contributed by atoms with Crippen LogP contribution in [0.15, 0.2) is 56.6 Å². The lowest BCUT2D eigenvalue weighted by molar-refractivity contribution is 0.0990. The molecule has 8 heteroatoms. The highest BCUT2D eigenvalue weighted by Gasteiger charge is 2.29. The topological polar surface area (TPSA) is 111 Å². The van der Waals surface area contributed by atoms with Crippen LogP contribution >= 0.6 is 0 Å². The van der Waals surface area contributed by atoms with Gasteiger partial charge in [0.1, 0.15) is 5.58 Å². The Morgan fingerprint density at radius 1 is 1.06 bits per heavy atom. The van der Waals surface area contributed by atoms with E-state index >= 15 is 0 Å². The number of hydrogen-bond acceptors (Lipinski definition) is 6. The summed E-state index contributed by atoms with van der Waals surface area (Å²) in [7, 11) is -3.37. The van der Waals surface area contributed by atoms with Crippen LogP contribution in [0.4, 0.5) is 11.4 Å². The van der Waals surface area contributed by atoms with Gasteiger partial charge >= 0.3 is 5.63 Å². The zero-order valence-electron chi connectivity index (χ0n) is 18.7. The first kappa shape index (κ1) is 23.0. The van der Waals surface area contributed by atoms with E-state index in [-0.39, 0.29) is 22.8 Å². The third-order valence-corrected chi connectivity index (χ3v) is 7.86. The van der Waals surface area contributed by atoms with Crippen molar-refractivity contribution in [2.45, 2.75) is 50.3 Å². The van der Waals surface area contributed by atoms with E-state index in [0.29, 0.717) is 41.0 Å². The number of anilines is 2. The second-order valence-corrected chi connectivity index (χ2v) is 10.6. The van der Waals surface area contributed by atoms with Gasteiger partial charge in [0.2, 0.25) is 0 Å². The van der Waals surface area contributed by atoms with Gasteiger partial charge in [0.15, 0.2) is 9.84 Å². The molecule has 0 spiro atoms. The third kappa shape index (κ3) is 4.80. The molecule has 33 heavy (non-hydrogen) atoms. The van der Waals surface area contributed by atoms with Gasteiger partial charge in [-0.1, -0.05) is 32.6 Å². The Hall–Kier alpha value is -3.13. The number of carbonyl (C=O) groups excluding carboxylic acids is 1. The molecule has 0 radical (unpaired) electrons. The Kier molecular flexibility index (Phi) is 6.56. The Morgan fingerprint density at radius 2 is 1.85 bits per heavy atom. The van der Waals surface area contributed by atoms with Gasteiger partial charge in [-0.3, -0.25) is 4.79 Å². The van der Waals surface area contributed by atoms with Crippen LogP contribution in [-0.2, 0) is 16.3 Å². The molecule has 0 saturated heterocycles. The fraction of sp³-hybridized carbons (Fsp3) is 0.360. The third-order valence-electron chi connectivity index (χ3n) is 6.07. The summed E-state index contributed by atoms with van der Waals surface area (Å²) in [5.41, 5.74) is 7.55. The van der Waals surface area contributed by atoms with E-state index in [1.165, 1.54) is 12.1 Å². The van der Waals surface area contributed by atoms with E-state index in [2.05, 4.69) is 6.92 Å². The second-order valence-electron chi connectivity index (χ2n) is 8.47. The molecular formula is C25H28N2O5S. The molecule has 3 aromatic rings. The number of sulfone groups is 1. The van der Waals surface area contributed by atoms with Crippen molar-refractivity contribution >= 4 is 38.1 Å². The van der Waals surface area contributed by atoms with Crippen molar-refractivity contribution in [3.63, 3.8) is 0 Å². The van der Waals surface area contributed by atoms with Gasteiger partial charge in [0, 0.05) is 35.4 Å². The Morgan fingerprint density at radius 3 is 2.64 bits per heavy atom. The highest BCUT2D eigenvalue weighted by Crippen LogP contribution is 2.33. The molecule has 1 amide bonds. The summed E-state index contributed by atoms with van der Waals surface area (Å²) in [6.07, 6.45) is 5.39. The predicted molar refractivity (Wildman–Crippen MR) is 130 cm³/mol. The summed E-state index contributed by atoms with van der Waals surface area (Å²) in [5.74, 6) is -0.199. The molecule has 2 aromatic carbocycles. The minimum Gasteiger partial charge on any atom is -0.423 e. The first-order chi connectivity index (χ1) is 15.8. The molecule has 1 aliphatic heterocycles. The Balaban J connectivity index is 1.58. The molecule has 174 valence electrons. The van der Waals surface area contributed by atoms with Crippen LogP contribution in [0.1, 0.15) is 54.9 Å². The summed E-state index contributed by atoms with van der Waals surface area (Å²) in [5, 5.41) is 0.504. The SMILES string of the molecule is CCCCCCCS(=O)(=O)c1ccc2c(c1)CCN2C(=O)c1cc(=O)oc2cc(N)ccc12. The van der Waals surface area contributed by atoms with Crippen LogP contribution in [0, 0.1) is 0 Å². The van der Waals surface area contributed by atoms with Gasteiger partial charge in [0.05, 0.1) is 16.2 Å². The monoisotopic (exact) mass is 468 g/mol. The molecule has 1 aromatic heterocycles. The molecule has 2 heterocycles. The maximum Gasteiger partial charge on any atom is 0.337 e. The number of nitrogens with zero attached hydrogens (tertiary/aromatic N) is 1. The number of amides is 1. The number of benzene rings is 2. The summed E-state index contributed by atoms with van der Waals surface area (Å²) in [4.78, 5) is 27.3. The first-order valence-corrected chi connectivity index (χ1v) is 13.0. The maximum absolute atomic E-state index is 13.4. The van der Waals surface area contributed by atoms with Gasteiger partial charge in [-0.05, 0) is 48.7 Å². The van der Waals surface area contributed by atoms with Gasteiger partial charge < -0.3 is 15.1 Å². The van der Waals surface area contributed by atoms with Crippen molar-refractivity contribution in [2.75, 3.05) is 22.9 Å². The van der Waals surface area contributed by atoms with E-state index in [1.807, 2.05) is 0 Å². The number of hydrogen-bond donors (Lipinski definition) is 1. The van der Waals surface area contributed by atoms with Crippen LogP contribution in [-0.4, -0.2) is 26.6 Å². The lowest BCUT2D eigenvalue weighted by atomic mass is 10.1. The molecule has 0 unspecified atom stereocenters. The number of carbonyl (C=O) groups is 1. The average molecular weight is 469 g/mol. The summed E-state index contributed by atoms with van der Waals surface area (Å²) in [6.45, 7) is 2.53. The van der Waals surface area contributed by atoms with Crippen molar-refractivity contribution < 1.29 is 17.6 Å². The van der Waals surface area contributed by atoms with Crippen LogP contribution in [0.25, 0.3) is 11.0 Å². The standard InChI is InChI=1S/C25H28N2O5S/c1-2-3-4-5-6-13-33(30,31)19-8-10-22-17(14-19)11-12-27(22)25(29)21-16-24(28)32-23-15-18(26)7-9-20(21)23/h7-10,14-16H,2-6,11-13,26H2,1H3. The van der Waals surface area contributed by atoms with E-state index in [1.54, 1.807) is 35.2 Å². The van der Waals surface area contributed by atoms with Crippen LogP contribution in [0.5, 0.6) is 0 Å². The van der Waals surface area contributed by atoms with Crippen molar-refractivity contribution in [1.29, 1.82) is 0 Å². The number of nitrogens with two attached hydrogens (primary N) is 1. The molecular weight excluding hydrogens is 440 g/mol. The Labute approximate surface area is 193 Å². The molecule has 2 N–H and O–H groups in total. The van der Waals surface area contributed by atoms with Gasteiger partial charge in [-0.15, -0.1) is 0 Å². The largest absolute Gasteiger partial charge is 0.423 e. The zero-order valence-corrected chi connectivity index (χ0v) is 19.5. The van der Waals surface area contributed by atoms with Gasteiger partial charge in [0.25, 0.3) is 5.91 Å². The second kappa shape index (κ2) is 9.39. The fourth-order valence-corrected chi connectivity index (χ4v) is 5.71. The highest BCUT2D eigenvalue weighted by atomic mass is 32.2. The molecule has 7 nitrogen and oxygen atoms in total. The van der Waals surface area contributed by atoms with E-state index in [0.717, 1.165) is 31.2 Å². The quantitative estimate of drug-likeness (QED) is 0.299. The smallest absolute Gasteiger partial charge is 0.337 e. The van der Waals surface area contributed by atoms with E-state index in [4.69, 9.17) is 10.2 Å². The number of unbranched alkanes of at least 4 members (excludes halogenated alkanes) is 4. The minimum atomic E-state index is -3.37. The summed E-state index contributed by atoms with van der Waals surface area (Å²) < 4.78 is 30.8. The highest BCUT2D eigenvalue weighted by molar-refractivity contribution is 7.91. The molecule has 0 atom stereocenters. The van der Waals surface area contributed by atoms with Gasteiger partial charge in [-0.2, -0.15) is 0 Å². The summed E-state index contributed by atoms with van der Waals surface area (Å²) in [6, 6.07) is 11.0.